The highest BCUT2D eigenvalue weighted by Crippen LogP contribution is 2.27. The third-order valence-corrected chi connectivity index (χ3v) is 4.62. The number of carbonyl (C=O) groups is 1. The molecule has 0 N–H and O–H groups in total. The van der Waals surface area contributed by atoms with Crippen LogP contribution in [0.15, 0.2) is 41.4 Å². The summed E-state index contributed by atoms with van der Waals surface area (Å²) >= 11 is 1.26. The van der Waals surface area contributed by atoms with Gasteiger partial charge in [-0.05, 0) is 31.2 Å². The van der Waals surface area contributed by atoms with Gasteiger partial charge in [-0.2, -0.15) is 4.99 Å². The molecule has 24 heavy (non-hydrogen) atoms. The van der Waals surface area contributed by atoms with Gasteiger partial charge in [0.2, 0.25) is 0 Å². The predicted molar refractivity (Wildman–Crippen MR) is 88.3 cm³/mol. The van der Waals surface area contributed by atoms with Gasteiger partial charge in [0, 0.05) is 6.54 Å². The van der Waals surface area contributed by atoms with E-state index < -0.39 is 23.1 Å². The normalized spacial score (nSPS) is 11.9. The number of rotatable bonds is 3. The zero-order valence-corrected chi connectivity index (χ0v) is 13.9. The zero-order chi connectivity index (χ0) is 17.3. The van der Waals surface area contributed by atoms with Gasteiger partial charge in [-0.3, -0.25) is 4.79 Å². The standard InChI is InChI=1S/C17H14F2N2O2S/c1-3-21-15-12(23-2)8-5-9-13(15)24-17(21)20-16(22)14-10(18)6-4-7-11(14)19/h4-9H,3H2,1-2H3. The Morgan fingerprint density at radius 3 is 2.50 bits per heavy atom. The van der Waals surface area contributed by atoms with Gasteiger partial charge >= 0.3 is 0 Å². The van der Waals surface area contributed by atoms with Crippen LogP contribution >= 0.6 is 11.3 Å². The number of thiazole rings is 1. The summed E-state index contributed by atoms with van der Waals surface area (Å²) in [6.07, 6.45) is 0. The lowest BCUT2D eigenvalue weighted by Gasteiger charge is -2.05. The number of hydrogen-bond donors (Lipinski definition) is 0. The molecule has 4 nitrogen and oxygen atoms in total. The number of ether oxygens (including phenoxy) is 1. The van der Waals surface area contributed by atoms with Crippen LogP contribution in [0.1, 0.15) is 17.3 Å². The first-order chi connectivity index (χ1) is 11.6. The molecule has 0 aliphatic heterocycles. The van der Waals surface area contributed by atoms with Crippen LogP contribution in [0.3, 0.4) is 0 Å². The maximum Gasteiger partial charge on any atom is 0.285 e. The van der Waals surface area contributed by atoms with Gasteiger partial charge in [0.05, 0.1) is 11.8 Å². The molecule has 7 heteroatoms. The molecule has 0 aliphatic carbocycles. The van der Waals surface area contributed by atoms with Gasteiger partial charge in [-0.1, -0.05) is 23.5 Å². The number of fused-ring (bicyclic) bond motifs is 1. The summed E-state index contributed by atoms with van der Waals surface area (Å²) in [7, 11) is 1.56. The minimum atomic E-state index is -0.946. The van der Waals surface area contributed by atoms with Crippen molar-refractivity contribution < 1.29 is 18.3 Å². The van der Waals surface area contributed by atoms with Crippen molar-refractivity contribution in [1.29, 1.82) is 0 Å². The van der Waals surface area contributed by atoms with Crippen LogP contribution in [0.25, 0.3) is 10.2 Å². The Morgan fingerprint density at radius 1 is 1.21 bits per heavy atom. The monoisotopic (exact) mass is 348 g/mol. The van der Waals surface area contributed by atoms with Crippen molar-refractivity contribution in [1.82, 2.24) is 4.57 Å². The SMILES string of the molecule is CCn1c(=NC(=O)c2c(F)cccc2F)sc2cccc(OC)c21. The number of aromatic nitrogens is 1. The minimum absolute atomic E-state index is 0.365. The molecule has 3 rings (SSSR count). The molecule has 1 heterocycles. The number of amides is 1. The smallest absolute Gasteiger partial charge is 0.285 e. The Bertz CT molecular complexity index is 972. The van der Waals surface area contributed by atoms with Gasteiger partial charge in [-0.25, -0.2) is 8.78 Å². The van der Waals surface area contributed by atoms with Crippen LogP contribution in [0.5, 0.6) is 5.75 Å². The summed E-state index contributed by atoms with van der Waals surface area (Å²) in [4.78, 5) is 16.6. The van der Waals surface area contributed by atoms with Crippen molar-refractivity contribution in [3.63, 3.8) is 0 Å². The van der Waals surface area contributed by atoms with Gasteiger partial charge < -0.3 is 9.30 Å². The summed E-state index contributed by atoms with van der Waals surface area (Å²) in [5, 5.41) is 0. The van der Waals surface area contributed by atoms with E-state index in [2.05, 4.69) is 4.99 Å². The fraction of sp³-hybridized carbons (Fsp3) is 0.176. The largest absolute Gasteiger partial charge is 0.495 e. The highest BCUT2D eigenvalue weighted by molar-refractivity contribution is 7.16. The van der Waals surface area contributed by atoms with E-state index in [0.29, 0.717) is 17.1 Å². The third kappa shape index (κ3) is 2.71. The molecule has 0 radical (unpaired) electrons. The van der Waals surface area contributed by atoms with Crippen LogP contribution in [0, 0.1) is 11.6 Å². The molecular weight excluding hydrogens is 334 g/mol. The van der Waals surface area contributed by atoms with Gasteiger partial charge in [0.25, 0.3) is 5.91 Å². The molecule has 124 valence electrons. The lowest BCUT2D eigenvalue weighted by molar-refractivity contribution is 0.0990. The number of halogens is 2. The molecular formula is C17H14F2N2O2S. The van der Waals surface area contributed by atoms with E-state index in [9.17, 15) is 13.6 Å². The molecule has 0 saturated carbocycles. The average Bonchev–Trinajstić information content (AvgIpc) is 2.91. The van der Waals surface area contributed by atoms with Gasteiger partial charge in [0.1, 0.15) is 28.5 Å². The van der Waals surface area contributed by atoms with Crippen LogP contribution in [0.2, 0.25) is 0 Å². The number of para-hydroxylation sites is 1. The summed E-state index contributed by atoms with van der Waals surface area (Å²) in [6, 6.07) is 8.80. The van der Waals surface area contributed by atoms with Crippen molar-refractivity contribution in [3.8, 4) is 5.75 Å². The minimum Gasteiger partial charge on any atom is -0.495 e. The molecule has 0 bridgehead atoms. The Labute approximate surface area is 140 Å². The number of methoxy groups -OCH3 is 1. The Hall–Kier alpha value is -2.54. The van der Waals surface area contributed by atoms with E-state index in [-0.39, 0.29) is 0 Å². The number of aryl methyl sites for hydroxylation is 1. The number of nitrogens with zero attached hydrogens (tertiary/aromatic N) is 2. The van der Waals surface area contributed by atoms with Crippen LogP contribution < -0.4 is 9.54 Å². The lowest BCUT2D eigenvalue weighted by atomic mass is 10.2. The van der Waals surface area contributed by atoms with E-state index >= 15 is 0 Å². The van der Waals surface area contributed by atoms with E-state index in [4.69, 9.17) is 4.74 Å². The fourth-order valence-corrected chi connectivity index (χ4v) is 3.60. The number of hydrogen-bond acceptors (Lipinski definition) is 3. The van der Waals surface area contributed by atoms with Crippen LogP contribution in [-0.2, 0) is 6.54 Å². The molecule has 0 unspecified atom stereocenters. The van der Waals surface area contributed by atoms with Crippen molar-refractivity contribution in [2.24, 2.45) is 4.99 Å². The van der Waals surface area contributed by atoms with Crippen molar-refractivity contribution in [2.75, 3.05) is 7.11 Å². The predicted octanol–water partition coefficient (Wildman–Crippen LogP) is 3.75. The molecule has 0 aliphatic rings. The van der Waals surface area contributed by atoms with E-state index in [1.54, 1.807) is 11.7 Å². The van der Waals surface area contributed by atoms with Crippen LogP contribution in [-0.4, -0.2) is 17.6 Å². The highest BCUT2D eigenvalue weighted by Gasteiger charge is 2.17. The quantitative estimate of drug-likeness (QED) is 0.723. The summed E-state index contributed by atoms with van der Waals surface area (Å²) in [5.74, 6) is -2.15. The second kappa shape index (κ2) is 6.52. The maximum absolute atomic E-state index is 13.8. The lowest BCUT2D eigenvalue weighted by Crippen LogP contribution is -2.17. The van der Waals surface area contributed by atoms with E-state index in [1.165, 1.54) is 17.4 Å². The maximum atomic E-state index is 13.8. The molecule has 2 aromatic carbocycles. The van der Waals surface area contributed by atoms with Crippen LogP contribution in [0.4, 0.5) is 8.78 Å². The topological polar surface area (TPSA) is 43.6 Å². The first-order valence-corrected chi connectivity index (χ1v) is 8.08. The third-order valence-electron chi connectivity index (χ3n) is 3.57. The molecule has 0 atom stereocenters. The van der Waals surface area contributed by atoms with Crippen molar-refractivity contribution in [2.45, 2.75) is 13.5 Å². The molecule has 0 spiro atoms. The molecule has 1 aromatic heterocycles. The second-order valence-electron chi connectivity index (χ2n) is 4.95. The Balaban J connectivity index is 2.22. The second-order valence-corrected chi connectivity index (χ2v) is 5.96. The first-order valence-electron chi connectivity index (χ1n) is 7.26. The Kier molecular flexibility index (Phi) is 4.44. The highest BCUT2D eigenvalue weighted by atomic mass is 32.1. The fourth-order valence-electron chi connectivity index (χ4n) is 2.49. The van der Waals surface area contributed by atoms with Gasteiger partial charge in [0.15, 0.2) is 4.80 Å². The summed E-state index contributed by atoms with van der Waals surface area (Å²) in [5.41, 5.74) is 0.151. The molecule has 3 aromatic rings. The summed E-state index contributed by atoms with van der Waals surface area (Å²) in [6.45, 7) is 2.43. The average molecular weight is 348 g/mol. The Morgan fingerprint density at radius 2 is 1.88 bits per heavy atom. The van der Waals surface area contributed by atoms with E-state index in [1.807, 2.05) is 25.1 Å². The summed E-state index contributed by atoms with van der Waals surface area (Å²) < 4.78 is 35.5. The van der Waals surface area contributed by atoms with E-state index in [0.717, 1.165) is 22.3 Å². The number of carbonyl (C=O) groups excluding carboxylic acids is 1. The first kappa shape index (κ1) is 16.3. The van der Waals surface area contributed by atoms with Crippen molar-refractivity contribution in [3.05, 3.63) is 58.4 Å². The zero-order valence-electron chi connectivity index (χ0n) is 13.0. The molecule has 0 saturated heterocycles. The van der Waals surface area contributed by atoms with Crippen molar-refractivity contribution >= 4 is 27.5 Å². The number of benzene rings is 2. The van der Waals surface area contributed by atoms with Gasteiger partial charge in [-0.15, -0.1) is 0 Å². The molecule has 0 fully saturated rings. The molecule has 1 amide bonds.